The molecular weight excluding hydrogens is 455 g/mol. The summed E-state index contributed by atoms with van der Waals surface area (Å²) < 4.78 is 14.9. The monoisotopic (exact) mass is 488 g/mol. The van der Waals surface area contributed by atoms with Crippen molar-refractivity contribution in [2.24, 2.45) is 5.92 Å². The van der Waals surface area contributed by atoms with E-state index in [9.17, 15) is 14.0 Å². The molecular formula is C29H33FN4O2. The topological polar surface area (TPSA) is 75.2 Å². The number of hydrogen-bond donors (Lipinski definition) is 1. The SMILES string of the molecule is CC(=O)CC1CCCN(c2ccc(NC(=O)Cc3cc(C)c(-c4ccnc(C)c4)cc3F)nc2)CC1. The van der Waals surface area contributed by atoms with Crippen molar-refractivity contribution in [1.29, 1.82) is 0 Å². The number of anilines is 2. The number of aromatic nitrogens is 2. The molecule has 0 radical (unpaired) electrons. The van der Waals surface area contributed by atoms with Gasteiger partial charge in [-0.2, -0.15) is 0 Å². The Kier molecular flexibility index (Phi) is 8.08. The fourth-order valence-corrected chi connectivity index (χ4v) is 4.94. The molecule has 1 atom stereocenters. The van der Waals surface area contributed by atoms with Crippen LogP contribution in [0.25, 0.3) is 11.1 Å². The summed E-state index contributed by atoms with van der Waals surface area (Å²) in [6.45, 7) is 7.29. The molecule has 2 aromatic heterocycles. The summed E-state index contributed by atoms with van der Waals surface area (Å²) in [5, 5.41) is 2.78. The minimum absolute atomic E-state index is 0.0740. The predicted octanol–water partition coefficient (Wildman–Crippen LogP) is 5.67. The summed E-state index contributed by atoms with van der Waals surface area (Å²) in [6.07, 6.45) is 7.15. The summed E-state index contributed by atoms with van der Waals surface area (Å²) in [5.41, 5.74) is 4.80. The van der Waals surface area contributed by atoms with Gasteiger partial charge in [-0.25, -0.2) is 9.37 Å². The number of ketones is 1. The van der Waals surface area contributed by atoms with E-state index in [4.69, 9.17) is 0 Å². The number of rotatable bonds is 7. The fourth-order valence-electron chi connectivity index (χ4n) is 4.94. The van der Waals surface area contributed by atoms with Crippen molar-refractivity contribution in [1.82, 2.24) is 9.97 Å². The number of halogens is 1. The maximum Gasteiger partial charge on any atom is 0.230 e. The summed E-state index contributed by atoms with van der Waals surface area (Å²) in [4.78, 5) is 35.0. The minimum atomic E-state index is -0.409. The highest BCUT2D eigenvalue weighted by molar-refractivity contribution is 5.91. The molecule has 188 valence electrons. The fraction of sp³-hybridized carbons (Fsp3) is 0.379. The van der Waals surface area contributed by atoms with Gasteiger partial charge in [0.2, 0.25) is 5.91 Å². The van der Waals surface area contributed by atoms with Crippen molar-refractivity contribution in [2.45, 2.75) is 52.9 Å². The van der Waals surface area contributed by atoms with Gasteiger partial charge in [0, 0.05) is 31.4 Å². The van der Waals surface area contributed by atoms with Gasteiger partial charge < -0.3 is 15.0 Å². The quantitative estimate of drug-likeness (QED) is 0.464. The Hall–Kier alpha value is -3.61. The molecule has 1 fully saturated rings. The molecule has 1 saturated heterocycles. The Balaban J connectivity index is 1.37. The third-order valence-corrected chi connectivity index (χ3v) is 6.76. The number of carbonyl (C=O) groups excluding carboxylic acids is 2. The third kappa shape index (κ3) is 6.53. The minimum Gasteiger partial charge on any atom is -0.370 e. The number of Topliss-reactive ketones (excluding diaryl/α,β-unsaturated/α-hetero) is 1. The molecule has 4 rings (SSSR count). The smallest absolute Gasteiger partial charge is 0.230 e. The van der Waals surface area contributed by atoms with Crippen LogP contribution in [0.2, 0.25) is 0 Å². The van der Waals surface area contributed by atoms with Crippen LogP contribution in [0.1, 0.15) is 49.4 Å². The van der Waals surface area contributed by atoms with Crippen LogP contribution >= 0.6 is 0 Å². The largest absolute Gasteiger partial charge is 0.370 e. The number of hydrogen-bond acceptors (Lipinski definition) is 5. The Morgan fingerprint density at radius 2 is 1.92 bits per heavy atom. The first-order valence-corrected chi connectivity index (χ1v) is 12.5. The zero-order chi connectivity index (χ0) is 25.7. The van der Waals surface area contributed by atoms with Gasteiger partial charge in [-0.1, -0.05) is 6.07 Å². The van der Waals surface area contributed by atoms with Gasteiger partial charge in [-0.05, 0) is 98.5 Å². The van der Waals surface area contributed by atoms with E-state index in [1.54, 1.807) is 31.5 Å². The normalized spacial score (nSPS) is 15.9. The second kappa shape index (κ2) is 11.4. The van der Waals surface area contributed by atoms with E-state index in [-0.39, 0.29) is 18.1 Å². The van der Waals surface area contributed by atoms with Crippen molar-refractivity contribution in [3.63, 3.8) is 0 Å². The lowest BCUT2D eigenvalue weighted by Gasteiger charge is -2.22. The predicted molar refractivity (Wildman–Crippen MR) is 141 cm³/mol. The highest BCUT2D eigenvalue weighted by Gasteiger charge is 2.19. The number of benzene rings is 1. The molecule has 1 aromatic carbocycles. The molecule has 1 N–H and O–H groups in total. The average molecular weight is 489 g/mol. The zero-order valence-corrected chi connectivity index (χ0v) is 21.2. The van der Waals surface area contributed by atoms with Gasteiger partial charge in [0.25, 0.3) is 0 Å². The molecule has 1 amide bonds. The lowest BCUT2D eigenvalue weighted by molar-refractivity contribution is -0.118. The van der Waals surface area contributed by atoms with Gasteiger partial charge >= 0.3 is 0 Å². The first-order chi connectivity index (χ1) is 17.3. The van der Waals surface area contributed by atoms with Crippen LogP contribution in [-0.2, 0) is 16.0 Å². The summed E-state index contributed by atoms with van der Waals surface area (Å²) in [5.74, 6) is 0.417. The summed E-state index contributed by atoms with van der Waals surface area (Å²) in [7, 11) is 0. The Labute approximate surface area is 212 Å². The Morgan fingerprint density at radius 3 is 2.64 bits per heavy atom. The van der Waals surface area contributed by atoms with E-state index < -0.39 is 5.82 Å². The van der Waals surface area contributed by atoms with E-state index in [0.29, 0.717) is 23.7 Å². The second-order valence-electron chi connectivity index (χ2n) is 9.76. The van der Waals surface area contributed by atoms with Crippen LogP contribution < -0.4 is 10.2 Å². The number of nitrogens with zero attached hydrogens (tertiary/aromatic N) is 3. The van der Waals surface area contributed by atoms with Crippen molar-refractivity contribution in [3.8, 4) is 11.1 Å². The van der Waals surface area contributed by atoms with E-state index in [1.165, 1.54) is 6.07 Å². The van der Waals surface area contributed by atoms with Crippen LogP contribution in [-0.4, -0.2) is 34.7 Å². The highest BCUT2D eigenvalue weighted by Crippen LogP contribution is 2.27. The third-order valence-electron chi connectivity index (χ3n) is 6.76. The zero-order valence-electron chi connectivity index (χ0n) is 21.2. The molecule has 6 nitrogen and oxygen atoms in total. The van der Waals surface area contributed by atoms with Crippen LogP contribution in [0.15, 0.2) is 48.8 Å². The molecule has 1 aliphatic heterocycles. The molecule has 3 heterocycles. The molecule has 0 bridgehead atoms. The van der Waals surface area contributed by atoms with Crippen molar-refractivity contribution < 1.29 is 14.0 Å². The second-order valence-corrected chi connectivity index (χ2v) is 9.76. The standard InChI is InChI=1S/C29H33FN4O2/c1-19-13-24(27(30)17-26(19)23-8-10-31-20(2)14-23)16-29(36)33-28-7-6-25(18-32-28)34-11-4-5-22(9-12-34)15-21(3)35/h6-8,10,13-14,17-18,22H,4-5,9,11-12,15-16H2,1-3H3,(H,32,33,36). The molecule has 7 heteroatoms. The number of carbonyl (C=O) groups is 2. The molecule has 1 aliphatic rings. The average Bonchev–Trinajstić information content (AvgIpc) is 3.07. The van der Waals surface area contributed by atoms with E-state index in [2.05, 4.69) is 20.2 Å². The van der Waals surface area contributed by atoms with E-state index in [0.717, 1.165) is 60.4 Å². The van der Waals surface area contributed by atoms with Crippen molar-refractivity contribution >= 4 is 23.2 Å². The Morgan fingerprint density at radius 1 is 1.08 bits per heavy atom. The van der Waals surface area contributed by atoms with E-state index in [1.807, 2.05) is 32.0 Å². The Bertz CT molecular complexity index is 1240. The van der Waals surface area contributed by atoms with Crippen molar-refractivity contribution in [3.05, 3.63) is 71.4 Å². The van der Waals surface area contributed by atoms with Gasteiger partial charge in [0.05, 0.1) is 18.3 Å². The van der Waals surface area contributed by atoms with Crippen LogP contribution in [0.3, 0.4) is 0 Å². The molecule has 36 heavy (non-hydrogen) atoms. The first-order valence-electron chi connectivity index (χ1n) is 12.5. The number of pyridine rings is 2. The maximum absolute atomic E-state index is 14.9. The van der Waals surface area contributed by atoms with E-state index >= 15 is 0 Å². The number of nitrogens with one attached hydrogen (secondary N) is 1. The van der Waals surface area contributed by atoms with Gasteiger partial charge in [-0.15, -0.1) is 0 Å². The van der Waals surface area contributed by atoms with Crippen LogP contribution in [0, 0.1) is 25.6 Å². The summed E-state index contributed by atoms with van der Waals surface area (Å²) >= 11 is 0. The van der Waals surface area contributed by atoms with Crippen LogP contribution in [0.4, 0.5) is 15.9 Å². The molecule has 1 unspecified atom stereocenters. The molecule has 3 aromatic rings. The molecule has 0 spiro atoms. The lowest BCUT2D eigenvalue weighted by Crippen LogP contribution is -2.24. The van der Waals surface area contributed by atoms with Gasteiger partial charge in [0.1, 0.15) is 17.4 Å². The highest BCUT2D eigenvalue weighted by atomic mass is 19.1. The molecule has 0 saturated carbocycles. The van der Waals surface area contributed by atoms with Gasteiger partial charge in [0.15, 0.2) is 0 Å². The van der Waals surface area contributed by atoms with Crippen molar-refractivity contribution in [2.75, 3.05) is 23.3 Å². The van der Waals surface area contributed by atoms with Gasteiger partial charge in [-0.3, -0.25) is 9.78 Å². The maximum atomic E-state index is 14.9. The van der Waals surface area contributed by atoms with Crippen LogP contribution in [0.5, 0.6) is 0 Å². The number of amides is 1. The molecule has 0 aliphatic carbocycles. The first kappa shape index (κ1) is 25.5. The lowest BCUT2D eigenvalue weighted by atomic mass is 9.95. The summed E-state index contributed by atoms with van der Waals surface area (Å²) in [6, 6.07) is 10.7. The number of aryl methyl sites for hydroxylation is 2.